The molecule has 1 aliphatic carbocycles. The molecule has 1 aromatic heterocycles. The zero-order valence-electron chi connectivity index (χ0n) is 21.1. The first-order chi connectivity index (χ1) is 15.8. The van der Waals surface area contributed by atoms with E-state index in [1.807, 2.05) is 11.1 Å². The summed E-state index contributed by atoms with van der Waals surface area (Å²) in [5.74, 6) is 1.48. The maximum Gasteiger partial charge on any atom is 0.257 e. The molecule has 1 aromatic carbocycles. The Labute approximate surface area is 199 Å². The molecule has 0 spiro atoms. The fraction of sp³-hybridized carbons (Fsp3) is 0.607. The number of hydrogen-bond acceptors (Lipinski definition) is 4. The summed E-state index contributed by atoms with van der Waals surface area (Å²) in [5, 5.41) is 0. The number of aromatic nitrogens is 2. The van der Waals surface area contributed by atoms with Gasteiger partial charge in [0.05, 0.1) is 11.3 Å². The quantitative estimate of drug-likeness (QED) is 0.558. The van der Waals surface area contributed by atoms with Gasteiger partial charge in [0.15, 0.2) is 0 Å². The maximum absolute atomic E-state index is 14.0. The number of amides is 1. The van der Waals surface area contributed by atoms with Crippen LogP contribution in [-0.2, 0) is 5.41 Å². The molecule has 2 aliphatic rings. The zero-order chi connectivity index (χ0) is 23.6. The lowest BCUT2D eigenvalue weighted by Crippen LogP contribution is -2.44. The van der Waals surface area contributed by atoms with Crippen molar-refractivity contribution >= 4 is 11.9 Å². The lowest BCUT2D eigenvalue weighted by molar-refractivity contribution is 0.0640. The second kappa shape index (κ2) is 9.82. The maximum atomic E-state index is 14.0. The van der Waals surface area contributed by atoms with E-state index in [1.54, 1.807) is 0 Å². The highest BCUT2D eigenvalue weighted by Gasteiger charge is 2.43. The Hall–Kier alpha value is -2.43. The molecule has 1 aliphatic heterocycles. The number of anilines is 1. The minimum absolute atomic E-state index is 0.0516. The molecule has 1 saturated heterocycles. The van der Waals surface area contributed by atoms with E-state index in [9.17, 15) is 4.79 Å². The lowest BCUT2D eigenvalue weighted by Gasteiger charge is -2.36. The molecule has 0 bridgehead atoms. The van der Waals surface area contributed by atoms with Crippen molar-refractivity contribution < 1.29 is 4.79 Å². The number of piperidine rings is 1. The Balaban J connectivity index is 1.87. The van der Waals surface area contributed by atoms with Gasteiger partial charge in [0.25, 0.3) is 5.91 Å². The van der Waals surface area contributed by atoms with Crippen LogP contribution in [0.15, 0.2) is 36.5 Å². The van der Waals surface area contributed by atoms with Gasteiger partial charge in [-0.3, -0.25) is 4.79 Å². The summed E-state index contributed by atoms with van der Waals surface area (Å²) in [6.07, 6.45) is 8.60. The first-order valence-corrected chi connectivity index (χ1v) is 12.8. The van der Waals surface area contributed by atoms with Gasteiger partial charge in [-0.2, -0.15) is 0 Å². The van der Waals surface area contributed by atoms with Gasteiger partial charge in [-0.1, -0.05) is 50.1 Å². The summed E-state index contributed by atoms with van der Waals surface area (Å²) in [5.41, 5.74) is 2.65. The SMILES string of the molecule is CC1CCCN(c2ncc(C(=O)N(C(C)C)C(C)C)c(C3(c4ccccc4)CCCC3)n2)C1. The third kappa shape index (κ3) is 4.64. The van der Waals surface area contributed by atoms with Gasteiger partial charge in [-0.25, -0.2) is 9.97 Å². The first kappa shape index (κ1) is 23.7. The van der Waals surface area contributed by atoms with E-state index in [0.29, 0.717) is 11.5 Å². The van der Waals surface area contributed by atoms with Crippen LogP contribution < -0.4 is 4.90 Å². The molecule has 2 fully saturated rings. The largest absolute Gasteiger partial charge is 0.341 e. The molecule has 178 valence electrons. The number of carbonyl (C=O) groups is 1. The monoisotopic (exact) mass is 448 g/mol. The van der Waals surface area contributed by atoms with E-state index in [4.69, 9.17) is 9.97 Å². The molecule has 5 nitrogen and oxygen atoms in total. The normalized spacial score (nSPS) is 20.5. The molecule has 4 rings (SSSR count). The van der Waals surface area contributed by atoms with Gasteiger partial charge in [-0.15, -0.1) is 0 Å². The molecular weight excluding hydrogens is 408 g/mol. The summed E-state index contributed by atoms with van der Waals surface area (Å²) < 4.78 is 0. The molecular formula is C28H40N4O. The molecule has 33 heavy (non-hydrogen) atoms. The van der Waals surface area contributed by atoms with Crippen molar-refractivity contribution in [2.75, 3.05) is 18.0 Å². The van der Waals surface area contributed by atoms with E-state index in [-0.39, 0.29) is 23.4 Å². The molecule has 1 amide bonds. The molecule has 1 unspecified atom stereocenters. The van der Waals surface area contributed by atoms with Gasteiger partial charge in [0.1, 0.15) is 0 Å². The van der Waals surface area contributed by atoms with E-state index >= 15 is 0 Å². The van der Waals surface area contributed by atoms with Crippen molar-refractivity contribution in [3.05, 3.63) is 53.3 Å². The first-order valence-electron chi connectivity index (χ1n) is 12.8. The number of nitrogens with zero attached hydrogens (tertiary/aromatic N) is 4. The van der Waals surface area contributed by atoms with Crippen LogP contribution in [0.5, 0.6) is 0 Å². The van der Waals surface area contributed by atoms with E-state index in [1.165, 1.54) is 18.4 Å². The van der Waals surface area contributed by atoms with Crippen molar-refractivity contribution in [2.24, 2.45) is 5.92 Å². The Morgan fingerprint density at radius 1 is 1.06 bits per heavy atom. The molecule has 1 atom stereocenters. The second-order valence-electron chi connectivity index (χ2n) is 10.7. The van der Waals surface area contributed by atoms with Crippen LogP contribution in [0.3, 0.4) is 0 Å². The molecule has 1 saturated carbocycles. The summed E-state index contributed by atoms with van der Waals surface area (Å²) in [6.45, 7) is 12.6. The average Bonchev–Trinajstić information content (AvgIpc) is 3.30. The van der Waals surface area contributed by atoms with Crippen molar-refractivity contribution in [2.45, 2.75) is 90.6 Å². The third-order valence-electron chi connectivity index (χ3n) is 7.53. The zero-order valence-corrected chi connectivity index (χ0v) is 21.1. The van der Waals surface area contributed by atoms with Crippen LogP contribution in [0, 0.1) is 5.92 Å². The van der Waals surface area contributed by atoms with Crippen LogP contribution in [-0.4, -0.2) is 45.9 Å². The highest BCUT2D eigenvalue weighted by molar-refractivity contribution is 5.96. The van der Waals surface area contributed by atoms with Gasteiger partial charge < -0.3 is 9.80 Å². The molecule has 0 radical (unpaired) electrons. The number of carbonyl (C=O) groups excluding carboxylic acids is 1. The molecule has 5 heteroatoms. The Morgan fingerprint density at radius 3 is 2.33 bits per heavy atom. The third-order valence-corrected chi connectivity index (χ3v) is 7.53. The Bertz CT molecular complexity index is 942. The van der Waals surface area contributed by atoms with Crippen LogP contribution in [0.2, 0.25) is 0 Å². The predicted octanol–water partition coefficient (Wildman–Crippen LogP) is 5.83. The minimum atomic E-state index is -0.231. The number of benzene rings is 1. The Kier molecular flexibility index (Phi) is 7.06. The minimum Gasteiger partial charge on any atom is -0.341 e. The fourth-order valence-electron chi connectivity index (χ4n) is 6.02. The van der Waals surface area contributed by atoms with Crippen LogP contribution >= 0.6 is 0 Å². The van der Waals surface area contributed by atoms with Crippen molar-refractivity contribution in [1.29, 1.82) is 0 Å². The Morgan fingerprint density at radius 2 is 1.73 bits per heavy atom. The van der Waals surface area contributed by atoms with Crippen LogP contribution in [0.1, 0.15) is 94.8 Å². The molecule has 2 heterocycles. The summed E-state index contributed by atoms with van der Waals surface area (Å²) >= 11 is 0. The van der Waals surface area contributed by atoms with Gasteiger partial charge in [0.2, 0.25) is 5.95 Å². The van der Waals surface area contributed by atoms with E-state index in [0.717, 1.165) is 50.4 Å². The number of hydrogen-bond donors (Lipinski definition) is 0. The summed E-state index contributed by atoms with van der Waals surface area (Å²) in [6, 6.07) is 10.9. The molecule has 2 aromatic rings. The smallest absolute Gasteiger partial charge is 0.257 e. The van der Waals surface area contributed by atoms with Crippen LogP contribution in [0.4, 0.5) is 5.95 Å². The van der Waals surface area contributed by atoms with Gasteiger partial charge in [0, 0.05) is 36.8 Å². The van der Waals surface area contributed by atoms with Gasteiger partial charge in [-0.05, 0) is 64.9 Å². The van der Waals surface area contributed by atoms with Crippen molar-refractivity contribution in [1.82, 2.24) is 14.9 Å². The van der Waals surface area contributed by atoms with Crippen LogP contribution in [0.25, 0.3) is 0 Å². The summed E-state index contributed by atoms with van der Waals surface area (Å²) in [4.78, 5) is 28.3. The average molecular weight is 449 g/mol. The van der Waals surface area contributed by atoms with Crippen molar-refractivity contribution in [3.63, 3.8) is 0 Å². The predicted molar refractivity (Wildman–Crippen MR) is 135 cm³/mol. The highest BCUT2D eigenvalue weighted by Crippen LogP contribution is 2.47. The lowest BCUT2D eigenvalue weighted by atomic mass is 9.74. The standard InChI is InChI=1S/C28H40N4O/c1-20(2)32(21(3)4)26(33)24-18-29-27(31-17-11-12-22(5)19-31)30-25(24)28(15-9-10-16-28)23-13-7-6-8-14-23/h6-8,13-14,18,20-22H,9-12,15-17,19H2,1-5H3. The highest BCUT2D eigenvalue weighted by atomic mass is 16.2. The van der Waals surface area contributed by atoms with E-state index < -0.39 is 0 Å². The topological polar surface area (TPSA) is 49.3 Å². The fourth-order valence-corrected chi connectivity index (χ4v) is 6.02. The second-order valence-corrected chi connectivity index (χ2v) is 10.7. The molecule has 0 N–H and O–H groups in total. The van der Waals surface area contributed by atoms with Crippen molar-refractivity contribution in [3.8, 4) is 0 Å². The summed E-state index contributed by atoms with van der Waals surface area (Å²) in [7, 11) is 0. The van der Waals surface area contributed by atoms with Gasteiger partial charge >= 0.3 is 0 Å². The van der Waals surface area contributed by atoms with E-state index in [2.05, 4.69) is 69.9 Å². The number of rotatable bonds is 6.